The van der Waals surface area contributed by atoms with Gasteiger partial charge in [0.15, 0.2) is 5.78 Å². The molecule has 0 saturated heterocycles. The minimum atomic E-state index is -1.07. The Bertz CT molecular complexity index is 188. The molecule has 1 atom stereocenters. The van der Waals surface area contributed by atoms with Crippen LogP contribution in [0.3, 0.4) is 0 Å². The van der Waals surface area contributed by atoms with E-state index in [9.17, 15) is 4.79 Å². The van der Waals surface area contributed by atoms with E-state index in [0.717, 1.165) is 12.8 Å². The molecule has 0 saturated carbocycles. The van der Waals surface area contributed by atoms with Crippen LogP contribution in [0.25, 0.3) is 0 Å². The lowest BCUT2D eigenvalue weighted by Gasteiger charge is -2.28. The monoisotopic (exact) mass is 168 g/mol. The SMILES string of the molecule is C[Si](C)(C)[C@H]1CC=CC(=O)C1. The third-order valence-electron chi connectivity index (χ3n) is 2.40. The maximum absolute atomic E-state index is 11.1. The van der Waals surface area contributed by atoms with Crippen molar-refractivity contribution in [2.45, 2.75) is 38.0 Å². The van der Waals surface area contributed by atoms with Crippen LogP contribution in [0.1, 0.15) is 12.8 Å². The third kappa shape index (κ3) is 2.29. The number of carbonyl (C=O) groups is 1. The number of hydrogen-bond acceptors (Lipinski definition) is 1. The lowest BCUT2D eigenvalue weighted by Crippen LogP contribution is -2.30. The van der Waals surface area contributed by atoms with Crippen molar-refractivity contribution in [1.29, 1.82) is 0 Å². The average molecular weight is 168 g/mol. The van der Waals surface area contributed by atoms with Crippen LogP contribution in [0.4, 0.5) is 0 Å². The van der Waals surface area contributed by atoms with E-state index in [1.807, 2.05) is 6.08 Å². The average Bonchev–Trinajstić information content (AvgIpc) is 1.86. The van der Waals surface area contributed by atoms with Gasteiger partial charge in [-0.25, -0.2) is 0 Å². The van der Waals surface area contributed by atoms with Gasteiger partial charge < -0.3 is 0 Å². The summed E-state index contributed by atoms with van der Waals surface area (Å²) in [7, 11) is -1.07. The van der Waals surface area contributed by atoms with E-state index in [1.165, 1.54) is 0 Å². The summed E-state index contributed by atoms with van der Waals surface area (Å²) in [6.45, 7) is 7.01. The number of carbonyl (C=O) groups excluding carboxylic acids is 1. The van der Waals surface area contributed by atoms with Crippen molar-refractivity contribution >= 4 is 13.9 Å². The van der Waals surface area contributed by atoms with Gasteiger partial charge in [-0.3, -0.25) is 4.79 Å². The summed E-state index contributed by atoms with van der Waals surface area (Å²) in [4.78, 5) is 11.1. The first-order valence-electron chi connectivity index (χ1n) is 4.19. The van der Waals surface area contributed by atoms with Crippen molar-refractivity contribution in [3.05, 3.63) is 12.2 Å². The Hall–Kier alpha value is -0.373. The topological polar surface area (TPSA) is 17.1 Å². The van der Waals surface area contributed by atoms with E-state index >= 15 is 0 Å². The molecule has 1 aliphatic carbocycles. The van der Waals surface area contributed by atoms with Gasteiger partial charge in [0.05, 0.1) is 0 Å². The van der Waals surface area contributed by atoms with E-state index in [-0.39, 0.29) is 0 Å². The zero-order chi connectivity index (χ0) is 8.48. The van der Waals surface area contributed by atoms with Gasteiger partial charge in [0.1, 0.15) is 0 Å². The first-order chi connectivity index (χ1) is 5.00. The fourth-order valence-electron chi connectivity index (χ4n) is 1.42. The molecular weight excluding hydrogens is 152 g/mol. The highest BCUT2D eigenvalue weighted by Crippen LogP contribution is 2.32. The second kappa shape index (κ2) is 2.93. The lowest BCUT2D eigenvalue weighted by molar-refractivity contribution is -0.114. The van der Waals surface area contributed by atoms with Crippen LogP contribution in [-0.2, 0) is 4.79 Å². The van der Waals surface area contributed by atoms with Crippen LogP contribution >= 0.6 is 0 Å². The van der Waals surface area contributed by atoms with Gasteiger partial charge >= 0.3 is 0 Å². The maximum atomic E-state index is 11.1. The zero-order valence-corrected chi connectivity index (χ0v) is 8.55. The van der Waals surface area contributed by atoms with Crippen molar-refractivity contribution in [1.82, 2.24) is 0 Å². The van der Waals surface area contributed by atoms with Gasteiger partial charge in [-0.2, -0.15) is 0 Å². The van der Waals surface area contributed by atoms with Crippen molar-refractivity contribution < 1.29 is 4.79 Å². The number of hydrogen-bond donors (Lipinski definition) is 0. The molecule has 0 amide bonds. The molecule has 2 heteroatoms. The smallest absolute Gasteiger partial charge is 0.155 e. The first kappa shape index (κ1) is 8.72. The Labute approximate surface area is 69.5 Å². The molecule has 0 N–H and O–H groups in total. The van der Waals surface area contributed by atoms with E-state index < -0.39 is 8.07 Å². The molecule has 0 aromatic rings. The third-order valence-corrected chi connectivity index (χ3v) is 5.29. The van der Waals surface area contributed by atoms with Gasteiger partial charge in [-0.15, -0.1) is 0 Å². The molecule has 1 rings (SSSR count). The quantitative estimate of drug-likeness (QED) is 0.550. The second-order valence-electron chi connectivity index (χ2n) is 4.37. The normalized spacial score (nSPS) is 25.7. The zero-order valence-electron chi connectivity index (χ0n) is 7.55. The highest BCUT2D eigenvalue weighted by atomic mass is 28.3. The maximum Gasteiger partial charge on any atom is 0.155 e. The van der Waals surface area contributed by atoms with Crippen LogP contribution in [0.2, 0.25) is 25.2 Å². The molecule has 0 unspecified atom stereocenters. The number of allylic oxidation sites excluding steroid dienone is 2. The van der Waals surface area contributed by atoms with E-state index in [4.69, 9.17) is 0 Å². The van der Waals surface area contributed by atoms with Gasteiger partial charge in [0.25, 0.3) is 0 Å². The molecule has 0 aromatic carbocycles. The van der Waals surface area contributed by atoms with Crippen molar-refractivity contribution in [3.8, 4) is 0 Å². The first-order valence-corrected chi connectivity index (χ1v) is 7.77. The Morgan fingerprint density at radius 1 is 1.45 bits per heavy atom. The largest absolute Gasteiger partial charge is 0.295 e. The molecule has 1 aliphatic rings. The molecule has 11 heavy (non-hydrogen) atoms. The Kier molecular flexibility index (Phi) is 2.33. The summed E-state index contributed by atoms with van der Waals surface area (Å²) in [5, 5.41) is 0. The summed E-state index contributed by atoms with van der Waals surface area (Å²) in [6.07, 6.45) is 5.69. The predicted octanol–water partition coefficient (Wildman–Crippen LogP) is 2.61. The summed E-state index contributed by atoms with van der Waals surface area (Å²) in [5.41, 5.74) is 0.681. The summed E-state index contributed by atoms with van der Waals surface area (Å²) < 4.78 is 0. The Balaban J connectivity index is 2.64. The molecule has 0 spiro atoms. The van der Waals surface area contributed by atoms with Crippen LogP contribution in [0.15, 0.2) is 12.2 Å². The summed E-state index contributed by atoms with van der Waals surface area (Å²) >= 11 is 0. The standard InChI is InChI=1S/C9H16OSi/c1-11(2,3)9-6-4-5-8(10)7-9/h4-5,9H,6-7H2,1-3H3/t9-/m0/s1. The highest BCUT2D eigenvalue weighted by Gasteiger charge is 2.28. The molecular formula is C9H16OSi. The number of rotatable bonds is 1. The van der Waals surface area contributed by atoms with Gasteiger partial charge in [0, 0.05) is 14.5 Å². The minimum absolute atomic E-state index is 0.323. The van der Waals surface area contributed by atoms with Crippen molar-refractivity contribution in [3.63, 3.8) is 0 Å². The Morgan fingerprint density at radius 2 is 2.09 bits per heavy atom. The fraction of sp³-hybridized carbons (Fsp3) is 0.667. The van der Waals surface area contributed by atoms with Gasteiger partial charge in [-0.1, -0.05) is 25.7 Å². The van der Waals surface area contributed by atoms with Gasteiger partial charge in [0.2, 0.25) is 0 Å². The van der Waals surface area contributed by atoms with E-state index in [0.29, 0.717) is 11.3 Å². The minimum Gasteiger partial charge on any atom is -0.295 e. The molecule has 0 bridgehead atoms. The molecule has 0 aliphatic heterocycles. The fourth-order valence-corrected chi connectivity index (χ4v) is 3.07. The van der Waals surface area contributed by atoms with E-state index in [1.54, 1.807) is 6.08 Å². The molecule has 0 fully saturated rings. The molecule has 0 aromatic heterocycles. The lowest BCUT2D eigenvalue weighted by atomic mass is 10.1. The molecule has 62 valence electrons. The van der Waals surface area contributed by atoms with Crippen molar-refractivity contribution in [2.24, 2.45) is 0 Å². The van der Waals surface area contributed by atoms with Crippen LogP contribution in [-0.4, -0.2) is 13.9 Å². The number of ketones is 1. The van der Waals surface area contributed by atoms with Crippen LogP contribution < -0.4 is 0 Å². The van der Waals surface area contributed by atoms with Crippen LogP contribution in [0, 0.1) is 0 Å². The van der Waals surface area contributed by atoms with Gasteiger partial charge in [-0.05, 0) is 18.0 Å². The Morgan fingerprint density at radius 3 is 2.45 bits per heavy atom. The van der Waals surface area contributed by atoms with E-state index in [2.05, 4.69) is 19.6 Å². The molecule has 0 radical (unpaired) electrons. The predicted molar refractivity (Wildman–Crippen MR) is 50.5 cm³/mol. The molecule has 1 nitrogen and oxygen atoms in total. The molecule has 0 heterocycles. The van der Waals surface area contributed by atoms with Crippen molar-refractivity contribution in [2.75, 3.05) is 0 Å². The summed E-state index contributed by atoms with van der Waals surface area (Å²) in [5.74, 6) is 0.323. The van der Waals surface area contributed by atoms with Crippen LogP contribution in [0.5, 0.6) is 0 Å². The second-order valence-corrected chi connectivity index (χ2v) is 9.92. The summed E-state index contributed by atoms with van der Waals surface area (Å²) in [6, 6.07) is 0. The highest BCUT2D eigenvalue weighted by molar-refractivity contribution is 6.77.